The molecular weight excluding hydrogens is 315 g/mol. The van der Waals surface area contributed by atoms with Crippen LogP contribution in [0.1, 0.15) is 0 Å². The van der Waals surface area contributed by atoms with Crippen molar-refractivity contribution in [1.82, 2.24) is 0 Å². The van der Waals surface area contributed by atoms with E-state index in [2.05, 4.69) is 0 Å². The maximum absolute atomic E-state index is 12.9. The van der Waals surface area contributed by atoms with E-state index >= 15 is 0 Å². The average Bonchev–Trinajstić information content (AvgIpc) is 1.85. The summed E-state index contributed by atoms with van der Waals surface area (Å²) in [6.45, 7) is 0. The number of rotatable bonds is 3. The second-order valence-electron chi connectivity index (χ2n) is 1.91. The normalized spacial score (nSPS) is 15.0. The van der Waals surface area contributed by atoms with Crippen molar-refractivity contribution in [3.05, 3.63) is 0 Å². The second-order valence-corrected chi connectivity index (χ2v) is 6.22. The lowest BCUT2D eigenvalue weighted by Gasteiger charge is -2.34. The van der Waals surface area contributed by atoms with Crippen LogP contribution in [0.15, 0.2) is 0 Å². The molecule has 0 atom stereocenters. The van der Waals surface area contributed by atoms with Crippen molar-refractivity contribution >= 4 is 81.2 Å². The number of halogens is 8. The first-order valence-corrected chi connectivity index (χ1v) is 5.25. The monoisotopic (exact) mass is 314 g/mol. The van der Waals surface area contributed by atoms with Crippen molar-refractivity contribution in [2.75, 3.05) is 5.88 Å². The number of hydrogen-bond acceptors (Lipinski definition) is 0. The zero-order chi connectivity index (χ0) is 10.2. The molecule has 0 spiro atoms. The average molecular weight is 317 g/mol. The summed E-state index contributed by atoms with van der Waals surface area (Å²) in [5, 5.41) is 0. The molecule has 0 saturated heterocycles. The van der Waals surface area contributed by atoms with E-state index in [1.54, 1.807) is 0 Å². The minimum atomic E-state index is -2.99. The third kappa shape index (κ3) is 2.73. The van der Waals surface area contributed by atoms with Crippen LogP contribution >= 0.6 is 81.2 Å². The van der Waals surface area contributed by atoms with E-state index in [0.29, 0.717) is 0 Å². The van der Waals surface area contributed by atoms with Gasteiger partial charge in [0, 0.05) is 0 Å². The predicted molar refractivity (Wildman–Crippen MR) is 55.1 cm³/mol. The molecule has 0 aromatic carbocycles. The highest BCUT2D eigenvalue weighted by Crippen LogP contribution is 2.55. The quantitative estimate of drug-likeness (QED) is 0.663. The van der Waals surface area contributed by atoms with Crippen molar-refractivity contribution in [2.24, 2.45) is 0 Å². The van der Waals surface area contributed by atoms with Gasteiger partial charge in [-0.25, -0.2) is 4.39 Å². The Bertz CT molecular complexity index is 159. The second kappa shape index (κ2) is 4.22. The van der Waals surface area contributed by atoms with Crippen LogP contribution in [0.4, 0.5) is 4.39 Å². The van der Waals surface area contributed by atoms with Gasteiger partial charge < -0.3 is 0 Å². The maximum atomic E-state index is 12.9. The summed E-state index contributed by atoms with van der Waals surface area (Å²) in [4.78, 5) is 0. The summed E-state index contributed by atoms with van der Waals surface area (Å²) in [6.07, 6.45) is 0. The van der Waals surface area contributed by atoms with Crippen molar-refractivity contribution in [1.29, 1.82) is 0 Å². The van der Waals surface area contributed by atoms with Crippen LogP contribution in [0.3, 0.4) is 0 Å². The van der Waals surface area contributed by atoms with Gasteiger partial charge in [0.1, 0.15) is 0 Å². The van der Waals surface area contributed by atoms with Gasteiger partial charge >= 0.3 is 0 Å². The Morgan fingerprint density at radius 3 is 1.33 bits per heavy atom. The van der Waals surface area contributed by atoms with Crippen molar-refractivity contribution in [3.63, 3.8) is 0 Å². The largest absolute Gasteiger partial charge is 0.293 e. The molecule has 0 heterocycles. The van der Waals surface area contributed by atoms with Gasteiger partial charge in [-0.15, -0.1) is 11.6 Å². The standard InChI is InChI=1S/C4H2Cl7F/c5-1-2(6,7)3(8,9)4(10,11)12/h1H2. The molecule has 0 saturated carbocycles. The zero-order valence-electron chi connectivity index (χ0n) is 5.23. The highest BCUT2D eigenvalue weighted by atomic mass is 35.5. The highest BCUT2D eigenvalue weighted by molar-refractivity contribution is 6.70. The van der Waals surface area contributed by atoms with E-state index < -0.39 is 19.1 Å². The minimum absolute atomic E-state index is 0.422. The summed E-state index contributed by atoms with van der Waals surface area (Å²) < 4.78 is 5.51. The molecule has 12 heavy (non-hydrogen) atoms. The van der Waals surface area contributed by atoms with Crippen LogP contribution in [0, 0.1) is 0 Å². The molecule has 0 aromatic heterocycles. The fourth-order valence-electron chi connectivity index (χ4n) is 0.291. The van der Waals surface area contributed by atoms with Crippen LogP contribution in [0.5, 0.6) is 0 Å². The fraction of sp³-hybridized carbons (Fsp3) is 1.00. The maximum Gasteiger partial charge on any atom is 0.293 e. The predicted octanol–water partition coefficient (Wildman–Crippen LogP) is 4.67. The Balaban J connectivity index is 4.85. The third-order valence-electron chi connectivity index (χ3n) is 0.983. The van der Waals surface area contributed by atoms with Crippen molar-refractivity contribution in [2.45, 2.75) is 13.3 Å². The molecule has 0 fully saturated rings. The smallest absolute Gasteiger partial charge is 0.204 e. The van der Waals surface area contributed by atoms with Crippen molar-refractivity contribution < 1.29 is 4.39 Å². The molecule has 0 unspecified atom stereocenters. The topological polar surface area (TPSA) is 0 Å². The SMILES string of the molecule is FC(Cl)(Cl)C(Cl)(Cl)C(Cl)(Cl)CCl. The van der Waals surface area contributed by atoms with E-state index in [1.807, 2.05) is 0 Å². The number of hydrogen-bond donors (Lipinski definition) is 0. The third-order valence-corrected chi connectivity index (χ3v) is 5.00. The van der Waals surface area contributed by atoms with Crippen LogP contribution in [-0.4, -0.2) is 19.1 Å². The Morgan fingerprint density at radius 1 is 0.917 bits per heavy atom. The molecule has 0 nitrogen and oxygen atoms in total. The van der Waals surface area contributed by atoms with Gasteiger partial charge in [-0.3, -0.25) is 0 Å². The van der Waals surface area contributed by atoms with Crippen LogP contribution < -0.4 is 0 Å². The summed E-state index contributed by atoms with van der Waals surface area (Å²) in [5.41, 5.74) is 0. The molecular formula is C4H2Cl7F. The van der Waals surface area contributed by atoms with Gasteiger partial charge in [0.25, 0.3) is 4.59 Å². The first-order valence-electron chi connectivity index (χ1n) is 2.44. The summed E-state index contributed by atoms with van der Waals surface area (Å²) in [5.74, 6) is -0.422. The zero-order valence-corrected chi connectivity index (χ0v) is 10.5. The summed E-state index contributed by atoms with van der Waals surface area (Å²) in [7, 11) is 0. The molecule has 0 bridgehead atoms. The molecule has 0 radical (unpaired) electrons. The molecule has 0 aromatic rings. The lowest BCUT2D eigenvalue weighted by molar-refractivity contribution is 0.344. The van der Waals surface area contributed by atoms with Gasteiger partial charge in [-0.2, -0.15) is 0 Å². The molecule has 0 aliphatic heterocycles. The van der Waals surface area contributed by atoms with Crippen LogP contribution in [-0.2, 0) is 0 Å². The lowest BCUT2D eigenvalue weighted by atomic mass is 10.3. The van der Waals surface area contributed by atoms with Gasteiger partial charge in [-0.1, -0.05) is 69.6 Å². The summed E-state index contributed by atoms with van der Waals surface area (Å²) >= 11 is 36.9. The molecule has 0 aliphatic rings. The Labute approximate surface area is 104 Å². The Morgan fingerprint density at radius 2 is 1.25 bits per heavy atom. The fourth-order valence-corrected chi connectivity index (χ4v) is 1.54. The first kappa shape index (κ1) is 14.0. The van der Waals surface area contributed by atoms with E-state index in [4.69, 9.17) is 81.2 Å². The molecule has 8 heteroatoms. The van der Waals surface area contributed by atoms with E-state index in [-0.39, 0.29) is 0 Å². The molecule has 0 aliphatic carbocycles. The highest BCUT2D eigenvalue weighted by Gasteiger charge is 2.61. The molecule has 0 N–H and O–H groups in total. The summed E-state index contributed by atoms with van der Waals surface area (Å²) in [6, 6.07) is 0. The van der Waals surface area contributed by atoms with E-state index in [0.717, 1.165) is 0 Å². The van der Waals surface area contributed by atoms with Crippen LogP contribution in [0.25, 0.3) is 0 Å². The van der Waals surface area contributed by atoms with Gasteiger partial charge in [0.15, 0.2) is 4.33 Å². The van der Waals surface area contributed by atoms with E-state index in [9.17, 15) is 4.39 Å². The molecule has 74 valence electrons. The van der Waals surface area contributed by atoms with Crippen molar-refractivity contribution in [3.8, 4) is 0 Å². The minimum Gasteiger partial charge on any atom is -0.204 e. The molecule has 0 amide bonds. The number of alkyl halides is 8. The van der Waals surface area contributed by atoms with Gasteiger partial charge in [0.2, 0.25) is 4.33 Å². The molecule has 0 rings (SSSR count). The van der Waals surface area contributed by atoms with E-state index in [1.165, 1.54) is 0 Å². The Hall–Kier alpha value is 1.96. The van der Waals surface area contributed by atoms with Gasteiger partial charge in [-0.05, 0) is 0 Å². The van der Waals surface area contributed by atoms with Gasteiger partial charge in [0.05, 0.1) is 5.88 Å². The van der Waals surface area contributed by atoms with Crippen LogP contribution in [0.2, 0.25) is 0 Å². The Kier molecular flexibility index (Phi) is 4.91. The first-order chi connectivity index (χ1) is 5.06. The lowest BCUT2D eigenvalue weighted by Crippen LogP contribution is -2.48.